The summed E-state index contributed by atoms with van der Waals surface area (Å²) in [4.78, 5) is 22.1. The lowest BCUT2D eigenvalue weighted by Gasteiger charge is -2.15. The van der Waals surface area contributed by atoms with Gasteiger partial charge in [-0.05, 0) is 24.1 Å². The number of rotatable bonds is 8. The average Bonchev–Trinajstić information content (AvgIpc) is 2.44. The first-order valence-electron chi connectivity index (χ1n) is 7.12. The molecule has 122 valence electrons. The van der Waals surface area contributed by atoms with E-state index in [9.17, 15) is 19.8 Å². The van der Waals surface area contributed by atoms with E-state index in [1.54, 1.807) is 6.07 Å². The number of aliphatic hydroxyl groups is 2. The van der Waals surface area contributed by atoms with Crippen LogP contribution in [-0.4, -0.2) is 46.1 Å². The van der Waals surface area contributed by atoms with Crippen molar-refractivity contribution in [3.8, 4) is 0 Å². The van der Waals surface area contributed by atoms with Gasteiger partial charge in [0.15, 0.2) is 0 Å². The Morgan fingerprint density at radius 3 is 2.59 bits per heavy atom. The van der Waals surface area contributed by atoms with Crippen LogP contribution < -0.4 is 10.6 Å². The number of benzene rings is 1. The van der Waals surface area contributed by atoms with Gasteiger partial charge in [-0.1, -0.05) is 19.1 Å². The molecule has 0 aliphatic heterocycles. The number of hydrogen-bond donors (Lipinski definition) is 5. The molecular formula is C15H22N2O5. The van der Waals surface area contributed by atoms with Crippen molar-refractivity contribution in [3.05, 3.63) is 29.8 Å². The lowest BCUT2D eigenvalue weighted by Crippen LogP contribution is -2.37. The van der Waals surface area contributed by atoms with Crippen LogP contribution in [0.1, 0.15) is 25.3 Å². The van der Waals surface area contributed by atoms with Gasteiger partial charge in [-0.3, -0.25) is 4.79 Å². The Labute approximate surface area is 129 Å². The molecule has 2 atom stereocenters. The minimum Gasteiger partial charge on any atom is -0.481 e. The fraction of sp³-hybridized carbons (Fsp3) is 0.467. The Balaban J connectivity index is 2.34. The molecule has 0 saturated carbocycles. The summed E-state index contributed by atoms with van der Waals surface area (Å²) in [5.41, 5.74) is 1.74. The molecular weight excluding hydrogens is 288 g/mol. The highest BCUT2D eigenvalue weighted by Gasteiger charge is 2.15. The van der Waals surface area contributed by atoms with Crippen molar-refractivity contribution in [1.29, 1.82) is 0 Å². The second-order valence-electron chi connectivity index (χ2n) is 5.03. The Morgan fingerprint density at radius 2 is 1.95 bits per heavy atom. The monoisotopic (exact) mass is 310 g/mol. The number of anilines is 1. The Hall–Kier alpha value is -2.12. The highest BCUT2D eigenvalue weighted by Crippen LogP contribution is 2.10. The molecule has 0 aromatic heterocycles. The predicted octanol–water partition coefficient (Wildman–Crippen LogP) is 0.957. The molecule has 2 amide bonds. The van der Waals surface area contributed by atoms with E-state index in [-0.39, 0.29) is 13.0 Å². The third kappa shape index (κ3) is 7.05. The van der Waals surface area contributed by atoms with Crippen LogP contribution >= 0.6 is 0 Å². The highest BCUT2D eigenvalue weighted by molar-refractivity contribution is 5.89. The van der Waals surface area contributed by atoms with E-state index in [1.165, 1.54) is 0 Å². The van der Waals surface area contributed by atoms with Gasteiger partial charge in [-0.25, -0.2) is 4.79 Å². The number of aliphatic carboxylic acids is 1. The van der Waals surface area contributed by atoms with Crippen LogP contribution in [0.4, 0.5) is 10.5 Å². The van der Waals surface area contributed by atoms with Gasteiger partial charge in [0, 0.05) is 18.7 Å². The summed E-state index contributed by atoms with van der Waals surface area (Å²) in [5.74, 6) is -1.14. The normalized spacial score (nSPS) is 13.2. The molecule has 0 saturated heterocycles. The molecule has 1 rings (SSSR count). The van der Waals surface area contributed by atoms with Gasteiger partial charge < -0.3 is 26.0 Å². The zero-order valence-electron chi connectivity index (χ0n) is 12.5. The molecule has 5 N–H and O–H groups in total. The quantitative estimate of drug-likeness (QED) is 0.490. The first kappa shape index (κ1) is 17.9. The molecule has 0 radical (unpaired) electrons. The SMILES string of the molecule is CCc1cccc(NC(=O)NC[C@@H](O)C[C@@H](O)CC(=O)O)c1. The zero-order chi connectivity index (χ0) is 16.5. The number of carbonyl (C=O) groups excluding carboxylic acids is 1. The van der Waals surface area contributed by atoms with Crippen molar-refractivity contribution in [2.75, 3.05) is 11.9 Å². The maximum absolute atomic E-state index is 11.7. The van der Waals surface area contributed by atoms with E-state index in [2.05, 4.69) is 10.6 Å². The summed E-state index contributed by atoms with van der Waals surface area (Å²) in [6.07, 6.45) is -1.84. The molecule has 1 aromatic carbocycles. The van der Waals surface area contributed by atoms with Gasteiger partial charge in [0.1, 0.15) is 0 Å². The van der Waals surface area contributed by atoms with E-state index in [1.807, 2.05) is 25.1 Å². The predicted molar refractivity (Wildman–Crippen MR) is 81.7 cm³/mol. The molecule has 7 nitrogen and oxygen atoms in total. The van der Waals surface area contributed by atoms with E-state index < -0.39 is 30.6 Å². The summed E-state index contributed by atoms with van der Waals surface area (Å²) in [6, 6.07) is 6.93. The molecule has 22 heavy (non-hydrogen) atoms. The van der Waals surface area contributed by atoms with Gasteiger partial charge >= 0.3 is 12.0 Å². The van der Waals surface area contributed by atoms with E-state index >= 15 is 0 Å². The average molecular weight is 310 g/mol. The van der Waals surface area contributed by atoms with Crippen molar-refractivity contribution < 1.29 is 24.9 Å². The van der Waals surface area contributed by atoms with Crippen molar-refractivity contribution >= 4 is 17.7 Å². The van der Waals surface area contributed by atoms with Gasteiger partial charge in [0.2, 0.25) is 0 Å². The van der Waals surface area contributed by atoms with E-state index in [0.29, 0.717) is 5.69 Å². The summed E-state index contributed by atoms with van der Waals surface area (Å²) in [5, 5.41) is 32.6. The van der Waals surface area contributed by atoms with Crippen LogP contribution in [0.2, 0.25) is 0 Å². The van der Waals surface area contributed by atoms with Crippen molar-refractivity contribution in [1.82, 2.24) is 5.32 Å². The molecule has 0 heterocycles. The van der Waals surface area contributed by atoms with Crippen molar-refractivity contribution in [2.24, 2.45) is 0 Å². The number of carboxylic acid groups (broad SMARTS) is 1. The van der Waals surface area contributed by atoms with Crippen LogP contribution in [0.3, 0.4) is 0 Å². The van der Waals surface area contributed by atoms with Crippen molar-refractivity contribution in [2.45, 2.75) is 38.4 Å². The number of aliphatic hydroxyl groups excluding tert-OH is 2. The third-order valence-electron chi connectivity index (χ3n) is 3.05. The fourth-order valence-electron chi connectivity index (χ4n) is 1.94. The topological polar surface area (TPSA) is 119 Å². The maximum atomic E-state index is 11.7. The Kier molecular flexibility index (Phi) is 7.34. The molecule has 0 fully saturated rings. The van der Waals surface area contributed by atoms with Gasteiger partial charge in [-0.2, -0.15) is 0 Å². The molecule has 0 bridgehead atoms. The first-order valence-corrected chi connectivity index (χ1v) is 7.12. The smallest absolute Gasteiger partial charge is 0.319 e. The van der Waals surface area contributed by atoms with Crippen LogP contribution in [0.15, 0.2) is 24.3 Å². The number of hydrogen-bond acceptors (Lipinski definition) is 4. The summed E-state index contributed by atoms with van der Waals surface area (Å²) in [6.45, 7) is 1.94. The highest BCUT2D eigenvalue weighted by atomic mass is 16.4. The van der Waals surface area contributed by atoms with Gasteiger partial charge in [-0.15, -0.1) is 0 Å². The zero-order valence-corrected chi connectivity index (χ0v) is 12.5. The third-order valence-corrected chi connectivity index (χ3v) is 3.05. The van der Waals surface area contributed by atoms with Gasteiger partial charge in [0.25, 0.3) is 0 Å². The number of urea groups is 1. The fourth-order valence-corrected chi connectivity index (χ4v) is 1.94. The Bertz CT molecular complexity index is 506. The molecule has 0 spiro atoms. The summed E-state index contributed by atoms with van der Waals surface area (Å²) in [7, 11) is 0. The van der Waals surface area contributed by atoms with Crippen LogP contribution in [0, 0.1) is 0 Å². The number of carboxylic acids is 1. The second kappa shape index (κ2) is 9.01. The van der Waals surface area contributed by atoms with Crippen molar-refractivity contribution in [3.63, 3.8) is 0 Å². The largest absolute Gasteiger partial charge is 0.481 e. The lowest BCUT2D eigenvalue weighted by molar-refractivity contribution is -0.139. The second-order valence-corrected chi connectivity index (χ2v) is 5.03. The molecule has 7 heteroatoms. The van der Waals surface area contributed by atoms with Gasteiger partial charge in [0.05, 0.1) is 18.6 Å². The molecule has 1 aromatic rings. The lowest BCUT2D eigenvalue weighted by atomic mass is 10.1. The molecule has 0 aliphatic carbocycles. The minimum atomic E-state index is -1.14. The molecule has 0 unspecified atom stereocenters. The van der Waals surface area contributed by atoms with E-state index in [4.69, 9.17) is 5.11 Å². The minimum absolute atomic E-state index is 0.0734. The number of aryl methyl sites for hydroxylation is 1. The van der Waals surface area contributed by atoms with Crippen LogP contribution in [-0.2, 0) is 11.2 Å². The Morgan fingerprint density at radius 1 is 1.23 bits per heavy atom. The van der Waals surface area contributed by atoms with E-state index in [0.717, 1.165) is 12.0 Å². The maximum Gasteiger partial charge on any atom is 0.319 e. The van der Waals surface area contributed by atoms with Crippen LogP contribution in [0.25, 0.3) is 0 Å². The summed E-state index contributed by atoms with van der Waals surface area (Å²) < 4.78 is 0. The number of nitrogens with one attached hydrogen (secondary N) is 2. The number of carbonyl (C=O) groups is 2. The molecule has 0 aliphatic rings. The standard InChI is InChI=1S/C15H22N2O5/c1-2-10-4-3-5-11(6-10)17-15(22)16-9-13(19)7-12(18)8-14(20)21/h3-6,12-13,18-19H,2,7-9H2,1H3,(H,20,21)(H2,16,17,22)/t12-,13+/m1/s1. The first-order chi connectivity index (χ1) is 10.4. The number of amides is 2. The summed E-state index contributed by atoms with van der Waals surface area (Å²) >= 11 is 0. The van der Waals surface area contributed by atoms with Crippen LogP contribution in [0.5, 0.6) is 0 Å².